The first-order valence-corrected chi connectivity index (χ1v) is 5.43. The van der Waals surface area contributed by atoms with Crippen LogP contribution in [0.4, 0.5) is 0 Å². The minimum atomic E-state index is -0.0633. The van der Waals surface area contributed by atoms with Crippen LogP contribution in [0.25, 0.3) is 11.0 Å². The predicted octanol–water partition coefficient (Wildman–Crippen LogP) is 1.22. The standard InChI is InChI=1S/C10H9ClN4O/c11-10-13-5-6-4-7-9(16)12-2-1-3-15(7)8(6)14-10/h4-5H,1-3H2,(H,12,16). The molecule has 0 saturated carbocycles. The summed E-state index contributed by atoms with van der Waals surface area (Å²) >= 11 is 5.76. The number of carbonyl (C=O) groups excluding carboxylic acids is 1. The maximum Gasteiger partial charge on any atom is 0.267 e. The molecule has 16 heavy (non-hydrogen) atoms. The molecule has 0 aliphatic carbocycles. The van der Waals surface area contributed by atoms with Crippen LogP contribution in [0.2, 0.25) is 5.28 Å². The lowest BCUT2D eigenvalue weighted by molar-refractivity contribution is 0.0951. The Morgan fingerprint density at radius 2 is 2.38 bits per heavy atom. The van der Waals surface area contributed by atoms with Crippen LogP contribution in [-0.4, -0.2) is 27.0 Å². The Morgan fingerprint density at radius 3 is 3.25 bits per heavy atom. The van der Waals surface area contributed by atoms with Crippen molar-refractivity contribution in [2.75, 3.05) is 6.54 Å². The van der Waals surface area contributed by atoms with E-state index >= 15 is 0 Å². The van der Waals surface area contributed by atoms with Gasteiger partial charge in [-0.25, -0.2) is 4.98 Å². The molecule has 1 amide bonds. The van der Waals surface area contributed by atoms with Gasteiger partial charge >= 0.3 is 0 Å². The highest BCUT2D eigenvalue weighted by atomic mass is 35.5. The average Bonchev–Trinajstić information content (AvgIpc) is 2.52. The van der Waals surface area contributed by atoms with Crippen molar-refractivity contribution < 1.29 is 4.79 Å². The van der Waals surface area contributed by atoms with Gasteiger partial charge in [0.15, 0.2) is 0 Å². The van der Waals surface area contributed by atoms with Gasteiger partial charge in [0.2, 0.25) is 5.28 Å². The molecular weight excluding hydrogens is 228 g/mol. The van der Waals surface area contributed by atoms with E-state index in [9.17, 15) is 4.79 Å². The second-order valence-corrected chi connectivity index (χ2v) is 4.05. The topological polar surface area (TPSA) is 59.8 Å². The Morgan fingerprint density at radius 1 is 1.50 bits per heavy atom. The summed E-state index contributed by atoms with van der Waals surface area (Å²) in [5, 5.41) is 3.89. The lowest BCUT2D eigenvalue weighted by atomic mass is 10.3. The minimum Gasteiger partial charge on any atom is -0.351 e. The lowest BCUT2D eigenvalue weighted by Crippen LogP contribution is -2.22. The molecule has 0 fully saturated rings. The first-order chi connectivity index (χ1) is 7.75. The number of carbonyl (C=O) groups is 1. The van der Waals surface area contributed by atoms with Crippen LogP contribution in [0.3, 0.4) is 0 Å². The number of aryl methyl sites for hydroxylation is 1. The SMILES string of the molecule is O=C1NCCCn2c1cc1cnc(Cl)nc12. The number of hydrogen-bond donors (Lipinski definition) is 1. The van der Waals surface area contributed by atoms with Crippen molar-refractivity contribution in [2.45, 2.75) is 13.0 Å². The Balaban J connectivity index is 2.30. The third kappa shape index (κ3) is 1.36. The Labute approximate surface area is 96.4 Å². The molecule has 82 valence electrons. The quantitative estimate of drug-likeness (QED) is 0.700. The number of nitrogens with one attached hydrogen (secondary N) is 1. The summed E-state index contributed by atoms with van der Waals surface area (Å²) in [7, 11) is 0. The van der Waals surface area contributed by atoms with Crippen LogP contribution < -0.4 is 5.32 Å². The number of amides is 1. The normalized spacial score (nSPS) is 15.7. The van der Waals surface area contributed by atoms with Gasteiger partial charge in [0.25, 0.3) is 5.91 Å². The molecule has 1 aliphatic heterocycles. The van der Waals surface area contributed by atoms with E-state index in [2.05, 4.69) is 15.3 Å². The molecule has 1 aliphatic rings. The molecule has 1 N–H and O–H groups in total. The zero-order chi connectivity index (χ0) is 11.1. The fourth-order valence-corrected chi connectivity index (χ4v) is 2.09. The van der Waals surface area contributed by atoms with E-state index in [1.165, 1.54) is 0 Å². The molecule has 3 heterocycles. The third-order valence-corrected chi connectivity index (χ3v) is 2.86. The highest BCUT2D eigenvalue weighted by molar-refractivity contribution is 6.28. The first kappa shape index (κ1) is 9.59. The zero-order valence-corrected chi connectivity index (χ0v) is 9.16. The average molecular weight is 237 g/mol. The molecule has 0 unspecified atom stereocenters. The summed E-state index contributed by atoms with van der Waals surface area (Å²) in [6.07, 6.45) is 2.53. The third-order valence-electron chi connectivity index (χ3n) is 2.68. The van der Waals surface area contributed by atoms with Crippen molar-refractivity contribution in [3.05, 3.63) is 23.2 Å². The van der Waals surface area contributed by atoms with Crippen molar-refractivity contribution in [2.24, 2.45) is 0 Å². The van der Waals surface area contributed by atoms with Gasteiger partial charge in [-0.3, -0.25) is 4.79 Å². The van der Waals surface area contributed by atoms with E-state index in [1.54, 1.807) is 12.3 Å². The second kappa shape index (κ2) is 3.45. The number of halogens is 1. The van der Waals surface area contributed by atoms with E-state index < -0.39 is 0 Å². The first-order valence-electron chi connectivity index (χ1n) is 5.06. The molecule has 0 aromatic carbocycles. The number of hydrogen-bond acceptors (Lipinski definition) is 3. The van der Waals surface area contributed by atoms with Crippen LogP contribution in [0, 0.1) is 0 Å². The van der Waals surface area contributed by atoms with Gasteiger partial charge in [0.1, 0.15) is 11.3 Å². The highest BCUT2D eigenvalue weighted by Crippen LogP contribution is 2.20. The van der Waals surface area contributed by atoms with Gasteiger partial charge in [-0.05, 0) is 24.1 Å². The fraction of sp³-hybridized carbons (Fsp3) is 0.300. The number of fused-ring (bicyclic) bond motifs is 3. The second-order valence-electron chi connectivity index (χ2n) is 3.71. The number of aromatic nitrogens is 3. The molecule has 6 heteroatoms. The molecule has 2 aromatic rings. The van der Waals surface area contributed by atoms with E-state index in [-0.39, 0.29) is 11.2 Å². The molecule has 0 saturated heterocycles. The molecule has 0 spiro atoms. The van der Waals surface area contributed by atoms with Crippen molar-refractivity contribution in [3.8, 4) is 0 Å². The molecule has 3 rings (SSSR count). The molecule has 0 bridgehead atoms. The molecule has 0 atom stereocenters. The summed E-state index contributed by atoms with van der Waals surface area (Å²) in [4.78, 5) is 19.8. The van der Waals surface area contributed by atoms with Gasteiger partial charge < -0.3 is 9.88 Å². The van der Waals surface area contributed by atoms with Crippen LogP contribution in [0.1, 0.15) is 16.9 Å². The van der Waals surface area contributed by atoms with Gasteiger partial charge in [-0.15, -0.1) is 0 Å². The molecule has 0 radical (unpaired) electrons. The van der Waals surface area contributed by atoms with Crippen LogP contribution in [0.15, 0.2) is 12.3 Å². The fourth-order valence-electron chi connectivity index (χ4n) is 1.96. The summed E-state index contributed by atoms with van der Waals surface area (Å²) in [5.41, 5.74) is 1.36. The Hall–Kier alpha value is -1.62. The predicted molar refractivity (Wildman–Crippen MR) is 59.5 cm³/mol. The molecule has 2 aromatic heterocycles. The van der Waals surface area contributed by atoms with Crippen LogP contribution in [-0.2, 0) is 6.54 Å². The van der Waals surface area contributed by atoms with Crippen molar-refractivity contribution in [3.63, 3.8) is 0 Å². The van der Waals surface area contributed by atoms with E-state index in [4.69, 9.17) is 11.6 Å². The monoisotopic (exact) mass is 236 g/mol. The van der Waals surface area contributed by atoms with Gasteiger partial charge in [-0.1, -0.05) is 0 Å². The van der Waals surface area contributed by atoms with Gasteiger partial charge in [0, 0.05) is 24.7 Å². The van der Waals surface area contributed by atoms with Gasteiger partial charge in [-0.2, -0.15) is 4.98 Å². The van der Waals surface area contributed by atoms with Gasteiger partial charge in [0.05, 0.1) is 0 Å². The maximum absolute atomic E-state index is 11.7. The molecular formula is C10H9ClN4O. The summed E-state index contributed by atoms with van der Waals surface area (Å²) in [5.74, 6) is -0.0633. The summed E-state index contributed by atoms with van der Waals surface area (Å²) < 4.78 is 1.89. The van der Waals surface area contributed by atoms with E-state index in [0.29, 0.717) is 12.2 Å². The lowest BCUT2D eigenvalue weighted by Gasteiger charge is -2.02. The van der Waals surface area contributed by atoms with Crippen molar-refractivity contribution in [1.29, 1.82) is 0 Å². The minimum absolute atomic E-state index is 0.0633. The van der Waals surface area contributed by atoms with Crippen molar-refractivity contribution >= 4 is 28.5 Å². The van der Waals surface area contributed by atoms with Crippen molar-refractivity contribution in [1.82, 2.24) is 19.9 Å². The van der Waals surface area contributed by atoms with Crippen LogP contribution in [0.5, 0.6) is 0 Å². The molecule has 5 nitrogen and oxygen atoms in total. The number of nitrogens with zero attached hydrogens (tertiary/aromatic N) is 3. The smallest absolute Gasteiger partial charge is 0.267 e. The summed E-state index contributed by atoms with van der Waals surface area (Å²) in [6.45, 7) is 1.46. The highest BCUT2D eigenvalue weighted by Gasteiger charge is 2.19. The van der Waals surface area contributed by atoms with E-state index in [0.717, 1.165) is 24.0 Å². The van der Waals surface area contributed by atoms with E-state index in [1.807, 2.05) is 4.57 Å². The Kier molecular flexibility index (Phi) is 2.07. The summed E-state index contributed by atoms with van der Waals surface area (Å²) in [6, 6.07) is 1.80. The maximum atomic E-state index is 11.7. The zero-order valence-electron chi connectivity index (χ0n) is 8.40. The Bertz CT molecular complexity index is 577. The number of rotatable bonds is 0. The largest absolute Gasteiger partial charge is 0.351 e. The van der Waals surface area contributed by atoms with Crippen LogP contribution >= 0.6 is 11.6 Å².